The molecule has 3 aromatic carbocycles. The van der Waals surface area contributed by atoms with Gasteiger partial charge in [0.15, 0.2) is 0 Å². The van der Waals surface area contributed by atoms with Gasteiger partial charge in [0.2, 0.25) is 17.7 Å². The van der Waals surface area contributed by atoms with Gasteiger partial charge in [0.1, 0.15) is 17.3 Å². The molecule has 1 saturated heterocycles. The summed E-state index contributed by atoms with van der Waals surface area (Å²) in [5.74, 6) is -0.0305. The van der Waals surface area contributed by atoms with E-state index < -0.39 is 17.3 Å². The number of likely N-dealkylation sites (tertiary alicyclic amines) is 1. The molecule has 12 heteroatoms. The number of aryl methyl sites for hydroxylation is 2. The van der Waals surface area contributed by atoms with Crippen molar-refractivity contribution >= 4 is 17.7 Å². The molecule has 0 radical (unpaired) electrons. The van der Waals surface area contributed by atoms with Crippen LogP contribution in [0.15, 0.2) is 65.1 Å². The highest BCUT2D eigenvalue weighted by molar-refractivity contribution is 5.95. The van der Waals surface area contributed by atoms with E-state index in [1.54, 1.807) is 43.3 Å². The molecule has 256 valence electrons. The number of nitriles is 1. The molecule has 3 N–H and O–H groups in total. The normalized spacial score (nSPS) is 20.4. The number of benzene rings is 3. The highest BCUT2D eigenvalue weighted by Gasteiger charge is 2.54. The van der Waals surface area contributed by atoms with E-state index >= 15 is 0 Å². The van der Waals surface area contributed by atoms with Crippen molar-refractivity contribution in [2.24, 2.45) is 5.92 Å². The molecule has 4 aromatic rings. The molecular formula is C38H38FN7O4. The van der Waals surface area contributed by atoms with Crippen molar-refractivity contribution in [3.8, 4) is 17.5 Å². The Balaban J connectivity index is 1.35. The van der Waals surface area contributed by atoms with Gasteiger partial charge in [0.05, 0.1) is 12.6 Å². The molecular weight excluding hydrogens is 637 g/mol. The second-order valence-corrected chi connectivity index (χ2v) is 13.5. The first-order valence-electron chi connectivity index (χ1n) is 16.9. The van der Waals surface area contributed by atoms with E-state index in [0.717, 1.165) is 35.1 Å². The van der Waals surface area contributed by atoms with Gasteiger partial charge in [0, 0.05) is 42.9 Å². The molecule has 0 bridgehead atoms. The lowest BCUT2D eigenvalue weighted by Gasteiger charge is -2.36. The maximum absolute atomic E-state index is 13.8. The van der Waals surface area contributed by atoms with Crippen LogP contribution < -0.4 is 16.0 Å². The topological polar surface area (TPSA) is 153 Å². The maximum atomic E-state index is 13.8. The Labute approximate surface area is 289 Å². The van der Waals surface area contributed by atoms with E-state index in [1.165, 1.54) is 12.1 Å². The van der Waals surface area contributed by atoms with Gasteiger partial charge in [0.25, 0.3) is 11.8 Å². The van der Waals surface area contributed by atoms with Crippen molar-refractivity contribution in [1.82, 2.24) is 31.0 Å². The third-order valence-electron chi connectivity index (χ3n) is 10.4. The fraction of sp³-hybridized carbons (Fsp3) is 0.368. The van der Waals surface area contributed by atoms with Crippen molar-refractivity contribution in [2.45, 2.75) is 62.6 Å². The second-order valence-electron chi connectivity index (χ2n) is 13.5. The Morgan fingerprint density at radius 3 is 2.16 bits per heavy atom. The Kier molecular flexibility index (Phi) is 8.70. The van der Waals surface area contributed by atoms with Crippen molar-refractivity contribution in [2.75, 3.05) is 20.6 Å². The summed E-state index contributed by atoms with van der Waals surface area (Å²) in [5, 5.41) is 27.6. The number of halogens is 1. The second kappa shape index (κ2) is 13.1. The predicted octanol–water partition coefficient (Wildman–Crippen LogP) is 3.91. The minimum absolute atomic E-state index is 0.0498. The average molecular weight is 676 g/mol. The molecule has 4 atom stereocenters. The van der Waals surface area contributed by atoms with Crippen LogP contribution in [0.4, 0.5) is 4.39 Å². The van der Waals surface area contributed by atoms with Gasteiger partial charge >= 0.3 is 0 Å². The van der Waals surface area contributed by atoms with Gasteiger partial charge in [-0.3, -0.25) is 14.4 Å². The summed E-state index contributed by atoms with van der Waals surface area (Å²) < 4.78 is 20.4. The zero-order valence-electron chi connectivity index (χ0n) is 28.1. The molecule has 1 unspecified atom stereocenters. The fourth-order valence-electron chi connectivity index (χ4n) is 7.88. The summed E-state index contributed by atoms with van der Waals surface area (Å²) in [6.07, 6.45) is 3.16. The van der Waals surface area contributed by atoms with Crippen LogP contribution in [-0.4, -0.2) is 71.6 Å². The summed E-state index contributed by atoms with van der Waals surface area (Å²) in [7, 11) is 3.17. The highest BCUT2D eigenvalue weighted by atomic mass is 19.1. The van der Waals surface area contributed by atoms with Crippen LogP contribution >= 0.6 is 0 Å². The van der Waals surface area contributed by atoms with E-state index in [4.69, 9.17) is 4.42 Å². The van der Waals surface area contributed by atoms with E-state index in [-0.39, 0.29) is 48.1 Å². The van der Waals surface area contributed by atoms with Crippen molar-refractivity contribution in [3.05, 3.63) is 106 Å². The summed E-state index contributed by atoms with van der Waals surface area (Å²) in [6, 6.07) is 18.7. The smallest absolute Gasteiger partial charge is 0.251 e. The Morgan fingerprint density at radius 2 is 1.58 bits per heavy atom. The van der Waals surface area contributed by atoms with Gasteiger partial charge in [-0.1, -0.05) is 12.1 Å². The third kappa shape index (κ3) is 5.81. The van der Waals surface area contributed by atoms with E-state index in [1.807, 2.05) is 31.2 Å². The molecule has 2 aliphatic carbocycles. The lowest BCUT2D eigenvalue weighted by Crippen LogP contribution is -2.46. The number of hydrogen-bond acceptors (Lipinski definition) is 8. The predicted molar refractivity (Wildman–Crippen MR) is 181 cm³/mol. The van der Waals surface area contributed by atoms with Gasteiger partial charge in [-0.05, 0) is 116 Å². The minimum Gasteiger partial charge on any atom is -0.419 e. The molecule has 2 fully saturated rings. The quantitative estimate of drug-likeness (QED) is 0.242. The third-order valence-corrected chi connectivity index (χ3v) is 10.4. The molecule has 2 heterocycles. The van der Waals surface area contributed by atoms with Crippen LogP contribution in [0.5, 0.6) is 0 Å². The molecule has 7 rings (SSSR count). The Bertz CT molecular complexity index is 1950. The average Bonchev–Trinajstić information content (AvgIpc) is 3.57. The van der Waals surface area contributed by atoms with Crippen LogP contribution in [0.3, 0.4) is 0 Å². The molecule has 11 nitrogen and oxygen atoms in total. The fourth-order valence-corrected chi connectivity index (χ4v) is 7.88. The van der Waals surface area contributed by atoms with Crippen LogP contribution in [0.25, 0.3) is 11.5 Å². The van der Waals surface area contributed by atoms with Gasteiger partial charge in [-0.25, -0.2) is 4.39 Å². The van der Waals surface area contributed by atoms with E-state index in [2.05, 4.69) is 32.2 Å². The summed E-state index contributed by atoms with van der Waals surface area (Å²) in [6.45, 7) is 2.04. The zero-order chi connectivity index (χ0) is 35.2. The number of hydrogen-bond donors (Lipinski definition) is 3. The molecule has 3 aliphatic rings. The molecule has 1 aliphatic heterocycles. The number of aromatic nitrogens is 2. The van der Waals surface area contributed by atoms with Crippen LogP contribution in [0.2, 0.25) is 0 Å². The standard InChI is InChI=1S/C38H38FN7O4/c1-21(43-20-33(47)46-29(19-40)16-27-17-32(27)46)18-38(37-45-44-36(50-37)22-6-10-28(39)11-7-22)30-12-8-25(34(48)41-2)14-23(30)4-5-24-15-26(35(49)42-3)9-13-31(24)38/h6-15,21,27,29,32,43H,4-5,16-18,20H2,1-3H3,(H,41,48)(H,42,49)/t21-,27-,29?,32+/m1/s1. The lowest BCUT2D eigenvalue weighted by atomic mass is 9.68. The number of nitrogens with zero attached hydrogens (tertiary/aromatic N) is 4. The monoisotopic (exact) mass is 675 g/mol. The number of amides is 3. The lowest BCUT2D eigenvalue weighted by molar-refractivity contribution is -0.131. The molecule has 1 saturated carbocycles. The zero-order valence-corrected chi connectivity index (χ0v) is 28.1. The highest BCUT2D eigenvalue weighted by Crippen LogP contribution is 2.49. The Morgan fingerprint density at radius 1 is 0.960 bits per heavy atom. The summed E-state index contributed by atoms with van der Waals surface area (Å²) >= 11 is 0. The first-order valence-corrected chi connectivity index (χ1v) is 16.9. The van der Waals surface area contributed by atoms with Gasteiger partial charge in [-0.2, -0.15) is 5.26 Å². The number of carbonyl (C=O) groups excluding carboxylic acids is 3. The van der Waals surface area contributed by atoms with Crippen LogP contribution in [0.1, 0.15) is 75.0 Å². The SMILES string of the molecule is CNC(=O)c1ccc2c(c1)CCc1cc(C(=O)NC)ccc1C2(C[C@@H](C)NCC(=O)N1C(C#N)C[C@@H]2C[C@@H]21)c1nnc(-c2ccc(F)cc2)o1. The van der Waals surface area contributed by atoms with Crippen molar-refractivity contribution in [1.29, 1.82) is 5.26 Å². The van der Waals surface area contributed by atoms with E-state index in [0.29, 0.717) is 41.9 Å². The number of rotatable bonds is 9. The number of nitrogens with one attached hydrogen (secondary N) is 3. The largest absolute Gasteiger partial charge is 0.419 e. The van der Waals surface area contributed by atoms with Crippen molar-refractivity contribution < 1.29 is 23.2 Å². The number of piperidine rings is 1. The minimum atomic E-state index is -1.09. The van der Waals surface area contributed by atoms with Gasteiger partial charge in [-0.15, -0.1) is 10.2 Å². The number of carbonyl (C=O) groups is 3. The first kappa shape index (κ1) is 33.1. The van der Waals surface area contributed by atoms with Crippen LogP contribution in [0, 0.1) is 23.1 Å². The van der Waals surface area contributed by atoms with Crippen LogP contribution in [-0.2, 0) is 23.1 Å². The molecule has 1 aromatic heterocycles. The summed E-state index contributed by atoms with van der Waals surface area (Å²) in [5.41, 5.74) is 3.99. The Hall–Kier alpha value is -5.41. The molecule has 3 amide bonds. The summed E-state index contributed by atoms with van der Waals surface area (Å²) in [4.78, 5) is 40.8. The molecule has 0 spiro atoms. The van der Waals surface area contributed by atoms with Crippen molar-refractivity contribution in [3.63, 3.8) is 0 Å². The maximum Gasteiger partial charge on any atom is 0.251 e. The first-order chi connectivity index (χ1) is 24.2. The molecule has 50 heavy (non-hydrogen) atoms. The van der Waals surface area contributed by atoms with E-state index in [9.17, 15) is 24.0 Å². The van der Waals surface area contributed by atoms with Gasteiger partial charge < -0.3 is 25.3 Å². The number of fused-ring (bicyclic) bond motifs is 3.